The van der Waals surface area contributed by atoms with Crippen LogP contribution in [0.25, 0.3) is 0 Å². The Kier molecular flexibility index (Phi) is 6.68. The van der Waals surface area contributed by atoms with Crippen molar-refractivity contribution in [1.82, 2.24) is 14.8 Å². The molecule has 0 saturated carbocycles. The van der Waals surface area contributed by atoms with Gasteiger partial charge in [-0.2, -0.15) is 5.26 Å². The molecule has 144 valence electrons. The number of carbonyl (C=O) groups excluding carboxylic acids is 1. The van der Waals surface area contributed by atoms with E-state index in [0.29, 0.717) is 28.1 Å². The Morgan fingerprint density at radius 1 is 1.36 bits per heavy atom. The second-order valence-electron chi connectivity index (χ2n) is 5.77. The van der Waals surface area contributed by atoms with Crippen molar-refractivity contribution in [3.05, 3.63) is 53.2 Å². The Morgan fingerprint density at radius 2 is 2.14 bits per heavy atom. The van der Waals surface area contributed by atoms with Crippen LogP contribution in [0, 0.1) is 11.3 Å². The van der Waals surface area contributed by atoms with Gasteiger partial charge in [-0.05, 0) is 37.4 Å². The van der Waals surface area contributed by atoms with E-state index in [4.69, 9.17) is 10.00 Å². The van der Waals surface area contributed by atoms with Crippen LogP contribution < -0.4 is 10.1 Å². The Bertz CT molecular complexity index is 978. The van der Waals surface area contributed by atoms with Gasteiger partial charge in [0.2, 0.25) is 5.91 Å². The lowest BCUT2D eigenvalue weighted by molar-refractivity contribution is -0.113. The molecule has 0 saturated heterocycles. The van der Waals surface area contributed by atoms with Crippen molar-refractivity contribution in [3.63, 3.8) is 0 Å². The molecule has 1 atom stereocenters. The minimum Gasteiger partial charge on any atom is -0.483 e. The van der Waals surface area contributed by atoms with Gasteiger partial charge in [-0.25, -0.2) is 0 Å². The number of ether oxygens (including phenoxy) is 1. The number of nitriles is 1. The molecule has 0 bridgehead atoms. The lowest BCUT2D eigenvalue weighted by Gasteiger charge is -2.15. The van der Waals surface area contributed by atoms with Gasteiger partial charge < -0.3 is 14.6 Å². The summed E-state index contributed by atoms with van der Waals surface area (Å²) in [5, 5.41) is 23.3. The molecular weight excluding hydrogens is 394 g/mol. The quantitative estimate of drug-likeness (QED) is 0.559. The fourth-order valence-electron chi connectivity index (χ4n) is 2.55. The zero-order valence-corrected chi connectivity index (χ0v) is 17.1. The van der Waals surface area contributed by atoms with Crippen molar-refractivity contribution in [2.75, 3.05) is 11.1 Å². The second kappa shape index (κ2) is 9.39. The molecular formula is C19H19N5O2S2. The third-order valence-electron chi connectivity index (χ3n) is 3.85. The van der Waals surface area contributed by atoms with Gasteiger partial charge in [0, 0.05) is 6.54 Å². The fourth-order valence-corrected chi connectivity index (χ4v) is 4.11. The first kappa shape index (κ1) is 19.9. The van der Waals surface area contributed by atoms with Crippen molar-refractivity contribution >= 4 is 34.0 Å². The van der Waals surface area contributed by atoms with Crippen molar-refractivity contribution < 1.29 is 9.53 Å². The van der Waals surface area contributed by atoms with Crippen molar-refractivity contribution in [1.29, 1.82) is 5.26 Å². The number of aromatic nitrogens is 3. The summed E-state index contributed by atoms with van der Waals surface area (Å²) in [6, 6.07) is 13.3. The van der Waals surface area contributed by atoms with E-state index in [1.165, 1.54) is 23.1 Å². The number of thiophene rings is 1. The number of thioether (sulfide) groups is 1. The highest BCUT2D eigenvalue weighted by molar-refractivity contribution is 7.99. The number of benzene rings is 1. The Hall–Kier alpha value is -2.83. The first-order valence-electron chi connectivity index (χ1n) is 8.67. The number of anilines is 1. The summed E-state index contributed by atoms with van der Waals surface area (Å²) in [6.45, 7) is 4.58. The Morgan fingerprint density at radius 3 is 2.86 bits per heavy atom. The average molecular weight is 414 g/mol. The van der Waals surface area contributed by atoms with Crippen LogP contribution in [-0.2, 0) is 11.3 Å². The van der Waals surface area contributed by atoms with Crippen LogP contribution in [0.5, 0.6) is 5.75 Å². The van der Waals surface area contributed by atoms with E-state index in [1.54, 1.807) is 11.4 Å². The van der Waals surface area contributed by atoms with Gasteiger partial charge in [-0.1, -0.05) is 30.0 Å². The Labute approximate surface area is 171 Å². The molecule has 1 aromatic carbocycles. The van der Waals surface area contributed by atoms with Gasteiger partial charge >= 0.3 is 0 Å². The zero-order chi connectivity index (χ0) is 19.9. The topological polar surface area (TPSA) is 92.8 Å². The predicted molar refractivity (Wildman–Crippen MR) is 110 cm³/mol. The molecule has 0 fully saturated rings. The molecule has 0 aliphatic rings. The van der Waals surface area contributed by atoms with Gasteiger partial charge in [0.1, 0.15) is 16.8 Å². The fraction of sp³-hybridized carbons (Fsp3) is 0.263. The summed E-state index contributed by atoms with van der Waals surface area (Å²) in [6.07, 6.45) is -0.276. The summed E-state index contributed by atoms with van der Waals surface area (Å²) >= 11 is 2.63. The highest BCUT2D eigenvalue weighted by Gasteiger charge is 2.19. The van der Waals surface area contributed by atoms with Crippen LogP contribution in [0.1, 0.15) is 31.3 Å². The van der Waals surface area contributed by atoms with Gasteiger partial charge in [-0.3, -0.25) is 4.79 Å². The molecule has 3 rings (SSSR count). The van der Waals surface area contributed by atoms with Crippen LogP contribution in [0.4, 0.5) is 5.00 Å². The highest BCUT2D eigenvalue weighted by atomic mass is 32.2. The molecule has 0 aliphatic heterocycles. The first-order valence-corrected chi connectivity index (χ1v) is 10.5. The monoisotopic (exact) mass is 413 g/mol. The smallest absolute Gasteiger partial charge is 0.235 e. The molecule has 0 aliphatic carbocycles. The van der Waals surface area contributed by atoms with E-state index in [1.807, 2.05) is 48.7 Å². The summed E-state index contributed by atoms with van der Waals surface area (Å²) in [4.78, 5) is 12.2. The van der Waals surface area contributed by atoms with Crippen LogP contribution in [0.3, 0.4) is 0 Å². The van der Waals surface area contributed by atoms with Crippen LogP contribution in [-0.4, -0.2) is 26.4 Å². The third kappa shape index (κ3) is 4.71. The van der Waals surface area contributed by atoms with E-state index < -0.39 is 0 Å². The maximum absolute atomic E-state index is 12.2. The van der Waals surface area contributed by atoms with Crippen LogP contribution in [0.15, 0.2) is 46.9 Å². The molecule has 2 aromatic heterocycles. The largest absolute Gasteiger partial charge is 0.483 e. The molecule has 1 N–H and O–H groups in total. The van der Waals surface area contributed by atoms with E-state index in [0.717, 1.165) is 5.75 Å². The highest BCUT2D eigenvalue weighted by Crippen LogP contribution is 2.26. The summed E-state index contributed by atoms with van der Waals surface area (Å²) in [5.74, 6) is 1.46. The van der Waals surface area contributed by atoms with Crippen molar-refractivity contribution in [2.45, 2.75) is 31.7 Å². The first-order chi connectivity index (χ1) is 13.6. The molecule has 2 heterocycles. The van der Waals surface area contributed by atoms with Crippen molar-refractivity contribution in [2.24, 2.45) is 0 Å². The molecule has 1 amide bonds. The third-order valence-corrected chi connectivity index (χ3v) is 5.65. The normalized spacial score (nSPS) is 11.6. The molecule has 1 unspecified atom stereocenters. The summed E-state index contributed by atoms with van der Waals surface area (Å²) in [7, 11) is 0. The number of hydrogen-bond donors (Lipinski definition) is 1. The van der Waals surface area contributed by atoms with E-state index in [2.05, 4.69) is 21.6 Å². The number of carbonyl (C=O) groups is 1. The van der Waals surface area contributed by atoms with Gasteiger partial charge in [0.15, 0.2) is 17.1 Å². The van der Waals surface area contributed by atoms with E-state index in [9.17, 15) is 4.79 Å². The predicted octanol–water partition coefficient (Wildman–Crippen LogP) is 4.10. The molecule has 28 heavy (non-hydrogen) atoms. The number of rotatable bonds is 8. The van der Waals surface area contributed by atoms with Gasteiger partial charge in [0.05, 0.1) is 11.3 Å². The maximum atomic E-state index is 12.2. The maximum Gasteiger partial charge on any atom is 0.235 e. The number of nitrogens with one attached hydrogen (secondary N) is 1. The second-order valence-corrected chi connectivity index (χ2v) is 7.63. The molecule has 9 heteroatoms. The minimum atomic E-state index is -0.276. The van der Waals surface area contributed by atoms with Gasteiger partial charge in [0.25, 0.3) is 0 Å². The summed E-state index contributed by atoms with van der Waals surface area (Å²) in [5.41, 5.74) is 0.467. The van der Waals surface area contributed by atoms with Crippen LogP contribution >= 0.6 is 23.1 Å². The molecule has 0 radical (unpaired) electrons. The molecule has 0 spiro atoms. The van der Waals surface area contributed by atoms with Crippen molar-refractivity contribution in [3.8, 4) is 11.8 Å². The van der Waals surface area contributed by atoms with Crippen LogP contribution in [0.2, 0.25) is 0 Å². The zero-order valence-electron chi connectivity index (χ0n) is 15.5. The minimum absolute atomic E-state index is 0.175. The standard InChI is InChI=1S/C19H19N5O2S2/c1-3-24-17(13(2)26-15-7-5-4-6-8-15)22-23-19(24)28-12-16(25)21-18-14(11-20)9-10-27-18/h4-10,13H,3,12H2,1-2H3,(H,21,25). The number of hydrogen-bond acceptors (Lipinski definition) is 7. The summed E-state index contributed by atoms with van der Waals surface area (Å²) < 4.78 is 7.88. The SMILES string of the molecule is CCn1c(SCC(=O)Nc2sccc2C#N)nnc1C(C)Oc1ccccc1. The molecule has 3 aromatic rings. The Balaban J connectivity index is 1.63. The van der Waals surface area contributed by atoms with Gasteiger partial charge in [-0.15, -0.1) is 21.5 Å². The lowest BCUT2D eigenvalue weighted by atomic mass is 10.3. The lowest BCUT2D eigenvalue weighted by Crippen LogP contribution is -2.15. The number of amides is 1. The number of nitrogens with zero attached hydrogens (tertiary/aromatic N) is 4. The van der Waals surface area contributed by atoms with E-state index >= 15 is 0 Å². The number of para-hydroxylation sites is 1. The van der Waals surface area contributed by atoms with E-state index in [-0.39, 0.29) is 17.8 Å². The average Bonchev–Trinajstić information content (AvgIpc) is 3.33. The molecule has 7 nitrogen and oxygen atoms in total.